The number of halogens is 1. The van der Waals surface area contributed by atoms with Gasteiger partial charge in [0, 0.05) is 55.1 Å². The number of nitro groups is 1. The van der Waals surface area contributed by atoms with Crippen molar-refractivity contribution in [2.24, 2.45) is 5.41 Å². The van der Waals surface area contributed by atoms with E-state index >= 15 is 0 Å². The molecule has 1 fully saturated rings. The first-order chi connectivity index (χ1) is 21.5. The van der Waals surface area contributed by atoms with Gasteiger partial charge in [-0.15, -0.1) is 0 Å². The van der Waals surface area contributed by atoms with Gasteiger partial charge in [0.1, 0.15) is 18.1 Å². The van der Waals surface area contributed by atoms with Gasteiger partial charge in [0.15, 0.2) is 6.73 Å². The number of rotatable bonds is 13. The zero-order chi connectivity index (χ0) is 32.1. The van der Waals surface area contributed by atoms with Crippen molar-refractivity contribution in [2.75, 3.05) is 44.1 Å². The van der Waals surface area contributed by atoms with Crippen LogP contribution in [0.5, 0.6) is 5.75 Å². The number of fused-ring (bicyclic) bond motifs is 1. The topological polar surface area (TPSA) is 137 Å². The highest BCUT2D eigenvalue weighted by molar-refractivity contribution is 5.81. The Morgan fingerprint density at radius 1 is 1.13 bits per heavy atom. The number of alkyl halides is 1. The zero-order valence-electron chi connectivity index (χ0n) is 25.9. The summed E-state index contributed by atoms with van der Waals surface area (Å²) < 4.78 is 25.6. The summed E-state index contributed by atoms with van der Waals surface area (Å²) in [4.78, 5) is 35.0. The molecule has 2 N–H and O–H groups in total. The van der Waals surface area contributed by atoms with Gasteiger partial charge in [-0.2, -0.15) is 4.98 Å². The molecule has 3 heterocycles. The maximum atomic E-state index is 12.6. The smallest absolute Gasteiger partial charge is 0.312 e. The molecule has 1 aliphatic heterocycles. The van der Waals surface area contributed by atoms with Crippen molar-refractivity contribution in [3.05, 3.63) is 76.1 Å². The van der Waals surface area contributed by atoms with Crippen LogP contribution < -0.4 is 15.4 Å². The van der Waals surface area contributed by atoms with E-state index in [1.807, 2.05) is 30.3 Å². The van der Waals surface area contributed by atoms with Gasteiger partial charge >= 0.3 is 5.97 Å². The van der Waals surface area contributed by atoms with Crippen molar-refractivity contribution < 1.29 is 23.6 Å². The molecule has 2 aromatic carbocycles. The Labute approximate surface area is 260 Å². The Kier molecular flexibility index (Phi) is 9.47. The van der Waals surface area contributed by atoms with Gasteiger partial charge < -0.3 is 20.1 Å². The van der Waals surface area contributed by atoms with E-state index in [0.29, 0.717) is 42.4 Å². The van der Waals surface area contributed by atoms with Crippen molar-refractivity contribution in [1.82, 2.24) is 19.4 Å². The van der Waals surface area contributed by atoms with E-state index in [9.17, 15) is 19.3 Å². The predicted molar refractivity (Wildman–Crippen MR) is 170 cm³/mol. The lowest BCUT2D eigenvalue weighted by molar-refractivity contribution is -0.384. The predicted octanol–water partition coefficient (Wildman–Crippen LogP) is 5.49. The second-order valence-electron chi connectivity index (χ2n) is 12.1. The molecule has 2 aromatic heterocycles. The lowest BCUT2D eigenvalue weighted by atomic mass is 9.98. The van der Waals surface area contributed by atoms with Gasteiger partial charge in [-0.1, -0.05) is 12.1 Å². The van der Waals surface area contributed by atoms with E-state index in [2.05, 4.69) is 15.5 Å². The Morgan fingerprint density at radius 2 is 1.93 bits per heavy atom. The number of ether oxygens (including phenoxy) is 2. The van der Waals surface area contributed by atoms with Crippen molar-refractivity contribution >= 4 is 40.0 Å². The number of likely N-dealkylation sites (tertiary alicyclic amines) is 1. The van der Waals surface area contributed by atoms with E-state index in [-0.39, 0.29) is 31.1 Å². The number of nitrogens with zero attached hydrogens (tertiary/aromatic N) is 5. The number of nitro benzene ring substituents is 1. The largest absolute Gasteiger partial charge is 0.494 e. The van der Waals surface area contributed by atoms with Gasteiger partial charge in [-0.25, -0.2) is 9.37 Å². The normalized spacial score (nSPS) is 13.8. The number of aromatic nitrogens is 3. The highest BCUT2D eigenvalue weighted by Crippen LogP contribution is 2.32. The van der Waals surface area contributed by atoms with Crippen LogP contribution >= 0.6 is 0 Å². The first kappa shape index (κ1) is 31.6. The minimum atomic E-state index is -0.655. The third-order valence-electron chi connectivity index (χ3n) is 7.59. The van der Waals surface area contributed by atoms with E-state index in [1.54, 1.807) is 50.8 Å². The van der Waals surface area contributed by atoms with Gasteiger partial charge in [-0.3, -0.25) is 24.4 Å². The fourth-order valence-corrected chi connectivity index (χ4v) is 5.11. The lowest BCUT2D eigenvalue weighted by Gasteiger charge is -2.39. The van der Waals surface area contributed by atoms with Gasteiger partial charge in [-0.05, 0) is 57.4 Å². The van der Waals surface area contributed by atoms with Crippen LogP contribution in [0.4, 0.5) is 27.4 Å². The number of methoxy groups -OCH3 is 1. The molecule has 13 heteroatoms. The van der Waals surface area contributed by atoms with Crippen LogP contribution in [0.15, 0.2) is 54.7 Å². The molecule has 238 valence electrons. The minimum Gasteiger partial charge on any atom is -0.494 e. The summed E-state index contributed by atoms with van der Waals surface area (Å²) >= 11 is 0. The molecule has 1 aliphatic rings. The van der Waals surface area contributed by atoms with Crippen LogP contribution in [0, 0.1) is 15.5 Å². The summed E-state index contributed by atoms with van der Waals surface area (Å²) in [5.74, 6) is 0.563. The van der Waals surface area contributed by atoms with Crippen LogP contribution in [0.25, 0.3) is 11.0 Å². The molecule has 45 heavy (non-hydrogen) atoms. The summed E-state index contributed by atoms with van der Waals surface area (Å²) in [5, 5.41) is 18.8. The van der Waals surface area contributed by atoms with Crippen molar-refractivity contribution in [2.45, 2.75) is 46.4 Å². The number of benzene rings is 2. The summed E-state index contributed by atoms with van der Waals surface area (Å²) in [7, 11) is 1.58. The van der Waals surface area contributed by atoms with E-state index in [4.69, 9.17) is 19.4 Å². The molecule has 4 aromatic rings. The Balaban J connectivity index is 1.41. The van der Waals surface area contributed by atoms with Crippen LogP contribution in [0.1, 0.15) is 32.0 Å². The minimum absolute atomic E-state index is 0.0199. The summed E-state index contributed by atoms with van der Waals surface area (Å²) in [6.07, 6.45) is 2.80. The number of carbonyl (C=O) groups excluding carboxylic acids is 1. The molecule has 0 spiro atoms. The van der Waals surface area contributed by atoms with E-state index in [0.717, 1.165) is 35.4 Å². The second-order valence-corrected chi connectivity index (χ2v) is 12.1. The van der Waals surface area contributed by atoms with Crippen molar-refractivity contribution in [3.8, 4) is 5.75 Å². The fraction of sp³-hybridized carbons (Fsp3) is 0.406. The highest BCUT2D eigenvalue weighted by atomic mass is 19.1. The molecule has 12 nitrogen and oxygen atoms in total. The van der Waals surface area contributed by atoms with Crippen LogP contribution in [0.2, 0.25) is 0 Å². The Bertz CT molecular complexity index is 1680. The molecule has 0 bridgehead atoms. The summed E-state index contributed by atoms with van der Waals surface area (Å²) in [6, 6.07) is 14.4. The fourth-order valence-electron chi connectivity index (χ4n) is 5.11. The molecule has 0 amide bonds. The monoisotopic (exact) mass is 619 g/mol. The summed E-state index contributed by atoms with van der Waals surface area (Å²) in [6.45, 7) is 7.02. The van der Waals surface area contributed by atoms with Crippen LogP contribution in [-0.2, 0) is 29.1 Å². The molecule has 0 radical (unpaired) electrons. The van der Waals surface area contributed by atoms with Crippen LogP contribution in [0.3, 0.4) is 0 Å². The van der Waals surface area contributed by atoms with E-state index in [1.165, 1.54) is 6.07 Å². The third kappa shape index (κ3) is 7.66. The number of aryl methyl sites for hydroxylation is 2. The molecular formula is C32H38FN7O5. The molecular weight excluding hydrogens is 581 g/mol. The number of non-ortho nitro benzene ring substituents is 1. The maximum Gasteiger partial charge on any atom is 0.312 e. The maximum absolute atomic E-state index is 12.6. The van der Waals surface area contributed by atoms with Gasteiger partial charge in [0.05, 0.1) is 34.9 Å². The third-order valence-corrected chi connectivity index (χ3v) is 7.59. The SMILES string of the molecule is COc1cc(NC2CN(CCF)C2)ccc1Nc1nc(CCc2cccc([N+](=O)[O-])c2)c2ccn(COC(=O)C(C)(C)C)c2n1. The molecule has 0 atom stereocenters. The number of hydrogen-bond acceptors (Lipinski definition) is 10. The zero-order valence-corrected chi connectivity index (χ0v) is 25.9. The number of nitrogens with one attached hydrogen (secondary N) is 2. The molecule has 0 aliphatic carbocycles. The average Bonchev–Trinajstić information content (AvgIpc) is 3.40. The van der Waals surface area contributed by atoms with Crippen molar-refractivity contribution in [3.63, 3.8) is 0 Å². The van der Waals surface area contributed by atoms with Crippen LogP contribution in [-0.4, -0.2) is 69.8 Å². The summed E-state index contributed by atoms with van der Waals surface area (Å²) in [5.41, 5.74) is 3.03. The quantitative estimate of drug-likeness (QED) is 0.112. The lowest BCUT2D eigenvalue weighted by Crippen LogP contribution is -2.55. The first-order valence-corrected chi connectivity index (χ1v) is 14.8. The molecule has 0 unspecified atom stereocenters. The standard InChI is InChI=1S/C32H38FN7O5/c1-32(2,3)30(41)45-20-39-14-12-25-26(10-8-21-6-5-7-24(16-21)40(42)43)35-31(37-29(25)39)36-27-11-9-22(17-28(27)44-4)34-23-18-38(19-23)15-13-33/h5-7,9,11-12,14,16-17,23,34H,8,10,13,15,18-20H2,1-4H3,(H,35,36,37). The Morgan fingerprint density at radius 3 is 2.64 bits per heavy atom. The second kappa shape index (κ2) is 13.5. The van der Waals surface area contributed by atoms with Gasteiger partial charge in [0.2, 0.25) is 5.95 Å². The number of esters is 1. The van der Waals surface area contributed by atoms with E-state index < -0.39 is 10.3 Å². The number of hydrogen-bond donors (Lipinski definition) is 2. The number of carbonyl (C=O) groups is 1. The Hall–Kier alpha value is -4.78. The van der Waals surface area contributed by atoms with Crippen molar-refractivity contribution in [1.29, 1.82) is 0 Å². The number of anilines is 3. The first-order valence-electron chi connectivity index (χ1n) is 14.8. The molecule has 1 saturated heterocycles. The molecule has 0 saturated carbocycles. The highest BCUT2D eigenvalue weighted by Gasteiger charge is 2.26. The molecule has 5 rings (SSSR count). The van der Waals surface area contributed by atoms with Gasteiger partial charge in [0.25, 0.3) is 5.69 Å². The average molecular weight is 620 g/mol.